The minimum Gasteiger partial charge on any atom is -0.444 e. The number of rotatable bonds is 2. The van der Waals surface area contributed by atoms with Crippen LogP contribution in [0.25, 0.3) is 32.2 Å². The van der Waals surface area contributed by atoms with Crippen LogP contribution in [0.1, 0.15) is 26.8 Å². The van der Waals surface area contributed by atoms with E-state index in [1.54, 1.807) is 20.8 Å². The summed E-state index contributed by atoms with van der Waals surface area (Å²) >= 11 is 0. The van der Waals surface area contributed by atoms with Crippen molar-refractivity contribution in [1.29, 1.82) is 0 Å². The van der Waals surface area contributed by atoms with Gasteiger partial charge in [0.2, 0.25) is 0 Å². The van der Waals surface area contributed by atoms with E-state index in [1.165, 1.54) is 4.90 Å². The lowest BCUT2D eigenvalue weighted by molar-refractivity contribution is -0.0119. The Balaban J connectivity index is 1.83. The maximum atomic E-state index is 12.8. The molecule has 1 amide bonds. The lowest BCUT2D eigenvalue weighted by Gasteiger charge is -2.41. The predicted molar refractivity (Wildman–Crippen MR) is 115 cm³/mol. The number of ether oxygens (including phenoxy) is 1. The van der Waals surface area contributed by atoms with Gasteiger partial charge < -0.3 is 19.3 Å². The molecule has 0 spiro atoms. The molecule has 1 aromatic heterocycles. The molecule has 4 rings (SSSR count). The van der Waals surface area contributed by atoms with Crippen LogP contribution in [0.3, 0.4) is 0 Å². The first-order valence-electron chi connectivity index (χ1n) is 9.98. The number of azide groups is 1. The Morgan fingerprint density at radius 1 is 1.10 bits per heavy atom. The van der Waals surface area contributed by atoms with Gasteiger partial charge in [-0.05, 0) is 38.4 Å². The summed E-state index contributed by atoms with van der Waals surface area (Å²) in [5.74, 6) is 0. The number of nitrogens with zero attached hydrogens (tertiary/aromatic N) is 5. The van der Waals surface area contributed by atoms with Crippen LogP contribution in [0.4, 0.5) is 4.79 Å². The second kappa shape index (κ2) is 7.55. The SMILES string of the molecule is CC(C)(C)OC(=O)N1C[C@H](N=[N+]=[N-])[C@@H](O)[C@@H](n2c3ccccc3c3ccccc32)C1. The highest BCUT2D eigenvalue weighted by atomic mass is 16.6. The molecule has 1 aliphatic heterocycles. The number of fused-ring (bicyclic) bond motifs is 3. The third kappa shape index (κ3) is 3.56. The lowest BCUT2D eigenvalue weighted by Crippen LogP contribution is -2.54. The zero-order valence-corrected chi connectivity index (χ0v) is 17.3. The van der Waals surface area contributed by atoms with E-state index >= 15 is 0 Å². The molecule has 0 bridgehead atoms. The normalized spacial score (nSPS) is 22.1. The number of hydrogen-bond donors (Lipinski definition) is 1. The minimum absolute atomic E-state index is 0.105. The van der Waals surface area contributed by atoms with Crippen molar-refractivity contribution >= 4 is 27.9 Å². The van der Waals surface area contributed by atoms with Crippen molar-refractivity contribution in [1.82, 2.24) is 9.47 Å². The molecule has 2 heterocycles. The molecule has 0 radical (unpaired) electrons. The van der Waals surface area contributed by atoms with Crippen LogP contribution in [0.2, 0.25) is 0 Å². The first-order valence-corrected chi connectivity index (χ1v) is 9.98. The lowest BCUT2D eigenvalue weighted by atomic mass is 9.97. The van der Waals surface area contributed by atoms with Gasteiger partial charge in [0, 0.05) is 39.8 Å². The van der Waals surface area contributed by atoms with Crippen molar-refractivity contribution in [3.05, 3.63) is 59.0 Å². The quantitative estimate of drug-likeness (QED) is 0.380. The molecule has 8 heteroatoms. The van der Waals surface area contributed by atoms with Gasteiger partial charge in [0.15, 0.2) is 0 Å². The maximum Gasteiger partial charge on any atom is 0.410 e. The Labute approximate surface area is 174 Å². The van der Waals surface area contributed by atoms with Crippen LogP contribution < -0.4 is 0 Å². The largest absolute Gasteiger partial charge is 0.444 e. The number of amides is 1. The number of likely N-dealkylation sites (tertiary alicyclic amines) is 1. The first kappa shape index (κ1) is 20.1. The molecule has 3 aromatic rings. The molecule has 3 atom stereocenters. The van der Waals surface area contributed by atoms with Gasteiger partial charge in [0.05, 0.1) is 18.2 Å². The number of hydrogen-bond acceptors (Lipinski definition) is 4. The summed E-state index contributed by atoms with van der Waals surface area (Å²) in [5.41, 5.74) is 10.3. The van der Waals surface area contributed by atoms with Crippen molar-refractivity contribution in [2.24, 2.45) is 5.11 Å². The number of aliphatic hydroxyl groups excluding tert-OH is 1. The van der Waals surface area contributed by atoms with E-state index in [0.717, 1.165) is 21.8 Å². The topological polar surface area (TPSA) is 103 Å². The van der Waals surface area contributed by atoms with Crippen LogP contribution in [0, 0.1) is 0 Å². The standard InChI is InChI=1S/C22H25N5O3/c1-22(2,3)30-21(29)26-12-16(24-25-23)20(28)19(13-26)27-17-10-6-4-8-14(17)15-9-5-7-11-18(15)27/h4-11,16,19-20,28H,12-13H2,1-3H3/t16-,19-,20+/m0/s1. The highest BCUT2D eigenvalue weighted by Crippen LogP contribution is 2.36. The fourth-order valence-corrected chi connectivity index (χ4v) is 4.19. The van der Waals surface area contributed by atoms with Crippen LogP contribution in [0.5, 0.6) is 0 Å². The van der Waals surface area contributed by atoms with Gasteiger partial charge >= 0.3 is 6.09 Å². The van der Waals surface area contributed by atoms with Gasteiger partial charge in [0.1, 0.15) is 5.60 Å². The van der Waals surface area contributed by atoms with Gasteiger partial charge in [-0.3, -0.25) is 0 Å². The molecule has 1 N–H and O–H groups in total. The molecule has 30 heavy (non-hydrogen) atoms. The summed E-state index contributed by atoms with van der Waals surface area (Å²) in [4.78, 5) is 17.2. The Bertz CT molecular complexity index is 1090. The van der Waals surface area contributed by atoms with E-state index < -0.39 is 29.9 Å². The average Bonchev–Trinajstić information content (AvgIpc) is 3.03. The number of para-hydroxylation sites is 2. The summed E-state index contributed by atoms with van der Waals surface area (Å²) in [7, 11) is 0. The Kier molecular flexibility index (Phi) is 5.05. The molecule has 2 aromatic carbocycles. The van der Waals surface area contributed by atoms with Crippen LogP contribution in [0.15, 0.2) is 53.6 Å². The smallest absolute Gasteiger partial charge is 0.410 e. The molecule has 1 fully saturated rings. The average molecular weight is 407 g/mol. The van der Waals surface area contributed by atoms with E-state index in [9.17, 15) is 9.90 Å². The Morgan fingerprint density at radius 3 is 2.20 bits per heavy atom. The van der Waals surface area contributed by atoms with Crippen molar-refractivity contribution < 1.29 is 14.6 Å². The number of aliphatic hydroxyl groups is 1. The van der Waals surface area contributed by atoms with E-state index in [1.807, 2.05) is 53.1 Å². The number of benzene rings is 2. The van der Waals surface area contributed by atoms with E-state index in [4.69, 9.17) is 10.3 Å². The molecule has 0 unspecified atom stereocenters. The van der Waals surface area contributed by atoms with E-state index in [0.29, 0.717) is 0 Å². The molecule has 156 valence electrons. The number of piperidine rings is 1. The van der Waals surface area contributed by atoms with Crippen LogP contribution in [-0.2, 0) is 4.74 Å². The third-order valence-corrected chi connectivity index (χ3v) is 5.40. The number of carbonyl (C=O) groups excluding carboxylic acids is 1. The van der Waals surface area contributed by atoms with Crippen LogP contribution >= 0.6 is 0 Å². The summed E-state index contributed by atoms with van der Waals surface area (Å²) in [5, 5.41) is 17.0. The van der Waals surface area contributed by atoms with Gasteiger partial charge in [-0.1, -0.05) is 41.5 Å². The van der Waals surface area contributed by atoms with Crippen LogP contribution in [-0.4, -0.2) is 51.5 Å². The van der Waals surface area contributed by atoms with Gasteiger partial charge in [-0.15, -0.1) is 0 Å². The minimum atomic E-state index is -0.946. The van der Waals surface area contributed by atoms with Crippen molar-refractivity contribution in [3.8, 4) is 0 Å². The Hall–Kier alpha value is -3.22. The van der Waals surface area contributed by atoms with Gasteiger partial charge in [0.25, 0.3) is 0 Å². The van der Waals surface area contributed by atoms with Gasteiger partial charge in [-0.2, -0.15) is 0 Å². The molecule has 0 aliphatic carbocycles. The molecule has 8 nitrogen and oxygen atoms in total. The van der Waals surface area contributed by atoms with Crippen molar-refractivity contribution in [2.45, 2.75) is 44.6 Å². The maximum absolute atomic E-state index is 12.8. The molecule has 0 saturated carbocycles. The van der Waals surface area contributed by atoms with E-state index in [2.05, 4.69) is 10.0 Å². The Morgan fingerprint density at radius 2 is 1.67 bits per heavy atom. The molecule has 1 aliphatic rings. The fourth-order valence-electron chi connectivity index (χ4n) is 4.19. The first-order chi connectivity index (χ1) is 14.3. The molecular formula is C22H25N5O3. The second-order valence-electron chi connectivity index (χ2n) is 8.62. The van der Waals surface area contributed by atoms with Gasteiger partial charge in [-0.25, -0.2) is 4.79 Å². The summed E-state index contributed by atoms with van der Waals surface area (Å²) in [6.07, 6.45) is -1.43. The molecule has 1 saturated heterocycles. The van der Waals surface area contributed by atoms with E-state index in [-0.39, 0.29) is 13.1 Å². The third-order valence-electron chi connectivity index (χ3n) is 5.40. The fraction of sp³-hybridized carbons (Fsp3) is 0.409. The monoisotopic (exact) mass is 407 g/mol. The summed E-state index contributed by atoms with van der Waals surface area (Å²) in [6.45, 7) is 5.77. The zero-order chi connectivity index (χ0) is 21.5. The number of aromatic nitrogens is 1. The van der Waals surface area contributed by atoms with Crippen molar-refractivity contribution in [3.63, 3.8) is 0 Å². The predicted octanol–water partition coefficient (Wildman–Crippen LogP) is 4.63. The zero-order valence-electron chi connectivity index (χ0n) is 17.3. The van der Waals surface area contributed by atoms with Crippen molar-refractivity contribution in [2.75, 3.05) is 13.1 Å². The molecular weight excluding hydrogens is 382 g/mol. The highest BCUT2D eigenvalue weighted by molar-refractivity contribution is 6.08. The second-order valence-corrected chi connectivity index (χ2v) is 8.62. The number of carbonyl (C=O) groups is 1. The summed E-state index contributed by atoms with van der Waals surface area (Å²) < 4.78 is 7.59. The highest BCUT2D eigenvalue weighted by Gasteiger charge is 2.40. The summed E-state index contributed by atoms with van der Waals surface area (Å²) in [6, 6.07) is 14.7.